The van der Waals surface area contributed by atoms with Gasteiger partial charge in [-0.3, -0.25) is 9.59 Å². The summed E-state index contributed by atoms with van der Waals surface area (Å²) in [5.41, 5.74) is 2.50. The molecule has 0 spiro atoms. The third-order valence-corrected chi connectivity index (χ3v) is 3.98. The minimum atomic E-state index is -0.567. The molecule has 0 aromatic heterocycles. The van der Waals surface area contributed by atoms with Gasteiger partial charge in [-0.2, -0.15) is 0 Å². The monoisotopic (exact) mass is 374 g/mol. The van der Waals surface area contributed by atoms with E-state index >= 15 is 0 Å². The third kappa shape index (κ3) is 4.92. The average molecular weight is 374 g/mol. The molecule has 0 amide bonds. The summed E-state index contributed by atoms with van der Waals surface area (Å²) in [6.07, 6.45) is 0. The number of ether oxygens (including phenoxy) is 2. The van der Waals surface area contributed by atoms with E-state index in [9.17, 15) is 14.4 Å². The minimum Gasteiger partial charge on any atom is -0.454 e. The van der Waals surface area contributed by atoms with Crippen LogP contribution < -0.4 is 4.74 Å². The molecule has 140 valence electrons. The van der Waals surface area contributed by atoms with E-state index in [4.69, 9.17) is 9.47 Å². The number of esters is 2. The van der Waals surface area contributed by atoms with Crippen molar-refractivity contribution in [2.45, 2.75) is 6.92 Å². The van der Waals surface area contributed by atoms with Gasteiger partial charge in [-0.15, -0.1) is 0 Å². The summed E-state index contributed by atoms with van der Waals surface area (Å²) < 4.78 is 10.2. The predicted octanol–water partition coefficient (Wildman–Crippen LogP) is 4.32. The van der Waals surface area contributed by atoms with Gasteiger partial charge >= 0.3 is 11.9 Å². The SMILES string of the molecule is CC(=O)Oc1ccc(-c2cccc(C(=O)OCC(=O)c3ccccc3)c2)cc1. The highest BCUT2D eigenvalue weighted by Gasteiger charge is 2.12. The Balaban J connectivity index is 1.67. The zero-order chi connectivity index (χ0) is 19.9. The molecule has 5 nitrogen and oxygen atoms in total. The molecule has 0 saturated heterocycles. The van der Waals surface area contributed by atoms with Crippen molar-refractivity contribution >= 4 is 17.7 Å². The van der Waals surface area contributed by atoms with Crippen molar-refractivity contribution in [2.75, 3.05) is 6.61 Å². The van der Waals surface area contributed by atoms with Crippen LogP contribution in [0.3, 0.4) is 0 Å². The van der Waals surface area contributed by atoms with Gasteiger partial charge in [0.15, 0.2) is 12.4 Å². The van der Waals surface area contributed by atoms with E-state index in [-0.39, 0.29) is 18.4 Å². The van der Waals surface area contributed by atoms with Crippen molar-refractivity contribution in [1.29, 1.82) is 0 Å². The fraction of sp³-hybridized carbons (Fsp3) is 0.0870. The summed E-state index contributed by atoms with van der Waals surface area (Å²) in [4.78, 5) is 35.4. The highest BCUT2D eigenvalue weighted by atomic mass is 16.5. The van der Waals surface area contributed by atoms with Crippen LogP contribution in [0.5, 0.6) is 5.75 Å². The van der Waals surface area contributed by atoms with Gasteiger partial charge in [0.05, 0.1) is 5.56 Å². The maximum absolute atomic E-state index is 12.3. The van der Waals surface area contributed by atoms with Crippen LogP contribution in [0.25, 0.3) is 11.1 Å². The Morgan fingerprint density at radius 2 is 1.43 bits per heavy atom. The average Bonchev–Trinajstić information content (AvgIpc) is 2.72. The molecule has 28 heavy (non-hydrogen) atoms. The van der Waals surface area contributed by atoms with Gasteiger partial charge in [-0.25, -0.2) is 4.79 Å². The van der Waals surface area contributed by atoms with Gasteiger partial charge in [-0.05, 0) is 35.4 Å². The highest BCUT2D eigenvalue weighted by molar-refractivity contribution is 5.99. The smallest absolute Gasteiger partial charge is 0.338 e. The van der Waals surface area contributed by atoms with E-state index in [0.29, 0.717) is 16.9 Å². The molecule has 0 aliphatic carbocycles. The van der Waals surface area contributed by atoms with Crippen LogP contribution in [0.15, 0.2) is 78.9 Å². The molecule has 3 aromatic rings. The molecule has 0 fully saturated rings. The standard InChI is InChI=1S/C23H18O5/c1-16(24)28-21-12-10-17(11-13-21)19-8-5-9-20(14-19)23(26)27-15-22(25)18-6-3-2-4-7-18/h2-14H,15H2,1H3. The largest absolute Gasteiger partial charge is 0.454 e. The molecule has 0 saturated carbocycles. The zero-order valence-corrected chi connectivity index (χ0v) is 15.3. The molecule has 0 radical (unpaired) electrons. The Hall–Kier alpha value is -3.73. The second kappa shape index (κ2) is 8.77. The molecule has 3 rings (SSSR count). The van der Waals surface area contributed by atoms with Crippen molar-refractivity contribution in [3.63, 3.8) is 0 Å². The summed E-state index contributed by atoms with van der Waals surface area (Å²) in [5, 5.41) is 0. The lowest BCUT2D eigenvalue weighted by Crippen LogP contribution is -2.14. The van der Waals surface area contributed by atoms with Gasteiger partial charge in [0.25, 0.3) is 0 Å². The summed E-state index contributed by atoms with van der Waals surface area (Å²) in [6, 6.07) is 22.5. The van der Waals surface area contributed by atoms with Gasteiger partial charge in [0, 0.05) is 12.5 Å². The Morgan fingerprint density at radius 1 is 0.750 bits per heavy atom. The first-order valence-corrected chi connectivity index (χ1v) is 8.67. The predicted molar refractivity (Wildman–Crippen MR) is 104 cm³/mol. The molecular formula is C23H18O5. The first-order valence-electron chi connectivity index (χ1n) is 8.67. The number of ketones is 1. The van der Waals surface area contributed by atoms with Gasteiger partial charge in [0.2, 0.25) is 0 Å². The Kier molecular flexibility index (Phi) is 5.97. The quantitative estimate of drug-likeness (QED) is 0.365. The van der Waals surface area contributed by atoms with E-state index < -0.39 is 5.97 Å². The van der Waals surface area contributed by atoms with Crippen LogP contribution >= 0.6 is 0 Å². The van der Waals surface area contributed by atoms with Crippen LogP contribution in [0.1, 0.15) is 27.6 Å². The molecule has 0 aliphatic heterocycles. The number of carbonyl (C=O) groups is 3. The zero-order valence-electron chi connectivity index (χ0n) is 15.3. The fourth-order valence-electron chi connectivity index (χ4n) is 2.63. The van der Waals surface area contributed by atoms with Crippen LogP contribution in [0, 0.1) is 0 Å². The van der Waals surface area contributed by atoms with E-state index in [1.54, 1.807) is 66.7 Å². The summed E-state index contributed by atoms with van der Waals surface area (Å²) in [6.45, 7) is 1.02. The molecule has 0 unspecified atom stereocenters. The molecular weight excluding hydrogens is 356 g/mol. The number of benzene rings is 3. The first kappa shape index (κ1) is 19.0. The van der Waals surface area contributed by atoms with Crippen molar-refractivity contribution in [3.8, 4) is 16.9 Å². The fourth-order valence-corrected chi connectivity index (χ4v) is 2.63. The molecule has 0 aliphatic rings. The van der Waals surface area contributed by atoms with E-state index in [2.05, 4.69) is 0 Å². The lowest BCUT2D eigenvalue weighted by atomic mass is 10.0. The summed E-state index contributed by atoms with van der Waals surface area (Å²) in [7, 11) is 0. The Morgan fingerprint density at radius 3 is 2.11 bits per heavy atom. The normalized spacial score (nSPS) is 10.2. The second-order valence-electron chi connectivity index (χ2n) is 6.06. The molecule has 0 N–H and O–H groups in total. The van der Waals surface area contributed by atoms with Crippen LogP contribution in [-0.4, -0.2) is 24.3 Å². The highest BCUT2D eigenvalue weighted by Crippen LogP contribution is 2.23. The molecule has 0 atom stereocenters. The minimum absolute atomic E-state index is 0.258. The summed E-state index contributed by atoms with van der Waals surface area (Å²) >= 11 is 0. The number of hydrogen-bond donors (Lipinski definition) is 0. The Bertz CT molecular complexity index is 991. The molecule has 3 aromatic carbocycles. The van der Waals surface area contributed by atoms with Crippen molar-refractivity contribution in [1.82, 2.24) is 0 Å². The summed E-state index contributed by atoms with van der Waals surface area (Å²) in [5.74, 6) is -0.761. The Labute approximate surface area is 162 Å². The van der Waals surface area contributed by atoms with Crippen molar-refractivity contribution in [3.05, 3.63) is 90.0 Å². The van der Waals surface area contributed by atoms with E-state index in [1.165, 1.54) is 6.92 Å². The third-order valence-electron chi connectivity index (χ3n) is 3.98. The molecule has 0 heterocycles. The van der Waals surface area contributed by atoms with Crippen LogP contribution in [0.2, 0.25) is 0 Å². The second-order valence-corrected chi connectivity index (χ2v) is 6.06. The number of Topliss-reactive ketones (excluding diaryl/α,β-unsaturated/α-hetero) is 1. The number of carbonyl (C=O) groups excluding carboxylic acids is 3. The maximum Gasteiger partial charge on any atom is 0.338 e. The van der Waals surface area contributed by atoms with Crippen molar-refractivity contribution in [2.24, 2.45) is 0 Å². The molecule has 5 heteroatoms. The first-order chi connectivity index (χ1) is 13.5. The van der Waals surface area contributed by atoms with E-state index in [1.807, 2.05) is 12.1 Å². The molecule has 0 bridgehead atoms. The van der Waals surface area contributed by atoms with Gasteiger partial charge < -0.3 is 9.47 Å². The number of rotatable bonds is 6. The van der Waals surface area contributed by atoms with Crippen LogP contribution in [-0.2, 0) is 9.53 Å². The maximum atomic E-state index is 12.3. The van der Waals surface area contributed by atoms with Crippen LogP contribution in [0.4, 0.5) is 0 Å². The van der Waals surface area contributed by atoms with Crippen molar-refractivity contribution < 1.29 is 23.9 Å². The lowest BCUT2D eigenvalue weighted by Gasteiger charge is -2.07. The van der Waals surface area contributed by atoms with Gasteiger partial charge in [0.1, 0.15) is 5.75 Å². The number of hydrogen-bond acceptors (Lipinski definition) is 5. The topological polar surface area (TPSA) is 69.7 Å². The van der Waals surface area contributed by atoms with Gasteiger partial charge in [-0.1, -0.05) is 54.6 Å². The van der Waals surface area contributed by atoms with E-state index in [0.717, 1.165) is 11.1 Å². The lowest BCUT2D eigenvalue weighted by molar-refractivity contribution is -0.131.